The van der Waals surface area contributed by atoms with E-state index in [1.54, 1.807) is 0 Å². The molecular formula is C11H20N6O2S2. The van der Waals surface area contributed by atoms with E-state index in [1.165, 1.54) is 24.4 Å². The molecule has 8 nitrogen and oxygen atoms in total. The Hall–Kier alpha value is -1.13. The van der Waals surface area contributed by atoms with Gasteiger partial charge < -0.3 is 4.90 Å². The molecular weight excluding hydrogens is 312 g/mol. The van der Waals surface area contributed by atoms with Crippen molar-refractivity contribution in [1.82, 2.24) is 15.0 Å². The molecule has 10 heteroatoms. The van der Waals surface area contributed by atoms with Crippen molar-refractivity contribution in [3.63, 3.8) is 0 Å². The van der Waals surface area contributed by atoms with Gasteiger partial charge in [0.15, 0.2) is 5.16 Å². The number of aromatic nitrogens is 3. The lowest BCUT2D eigenvalue weighted by atomic mass is 10.1. The molecule has 0 spiro atoms. The normalized spacial score (nSPS) is 16.0. The van der Waals surface area contributed by atoms with Crippen molar-refractivity contribution in [3.8, 4) is 0 Å². The van der Waals surface area contributed by atoms with E-state index in [0.717, 1.165) is 25.9 Å². The van der Waals surface area contributed by atoms with Crippen molar-refractivity contribution in [2.75, 3.05) is 41.2 Å². The second-order valence-corrected chi connectivity index (χ2v) is 8.23. The summed E-state index contributed by atoms with van der Waals surface area (Å²) in [7, 11) is -2.98. The molecule has 0 saturated carbocycles. The zero-order chi connectivity index (χ0) is 15.3. The van der Waals surface area contributed by atoms with Gasteiger partial charge in [-0.3, -0.25) is 5.43 Å². The Kier molecular flexibility index (Phi) is 5.59. The molecule has 2 heterocycles. The molecule has 1 aliphatic rings. The molecule has 1 fully saturated rings. The Morgan fingerprint density at radius 1 is 1.24 bits per heavy atom. The molecule has 2 rings (SSSR count). The maximum absolute atomic E-state index is 11.2. The van der Waals surface area contributed by atoms with E-state index in [2.05, 4.69) is 25.3 Å². The van der Waals surface area contributed by atoms with Gasteiger partial charge in [-0.05, 0) is 19.3 Å². The number of rotatable bonds is 6. The first-order valence-corrected chi connectivity index (χ1v) is 9.81. The highest BCUT2D eigenvalue weighted by molar-refractivity contribution is 8.00. The van der Waals surface area contributed by atoms with Crippen LogP contribution in [-0.4, -0.2) is 54.2 Å². The molecule has 0 aliphatic carbocycles. The third-order valence-corrected chi connectivity index (χ3v) is 5.11. The van der Waals surface area contributed by atoms with Crippen LogP contribution in [0.5, 0.6) is 0 Å². The van der Waals surface area contributed by atoms with Crippen LogP contribution in [0, 0.1) is 0 Å². The fourth-order valence-electron chi connectivity index (χ4n) is 1.99. The van der Waals surface area contributed by atoms with Crippen LogP contribution in [0.3, 0.4) is 0 Å². The summed E-state index contributed by atoms with van der Waals surface area (Å²) in [6, 6.07) is 0. The standard InChI is InChI=1S/C11H20N6O2S2/c1-21(18,19)8-7-20-11-14-9(16-12)13-10(15-11)17-5-3-2-4-6-17/h2-8,12H2,1H3,(H,13,14,15,16). The number of sulfone groups is 1. The number of nitrogens with zero attached hydrogens (tertiary/aromatic N) is 4. The molecule has 0 radical (unpaired) electrons. The summed E-state index contributed by atoms with van der Waals surface area (Å²) >= 11 is 1.29. The maximum Gasteiger partial charge on any atom is 0.242 e. The van der Waals surface area contributed by atoms with Crippen LogP contribution < -0.4 is 16.2 Å². The summed E-state index contributed by atoms with van der Waals surface area (Å²) in [5.41, 5.74) is 2.43. The van der Waals surface area contributed by atoms with Crippen LogP contribution in [0.1, 0.15) is 19.3 Å². The molecule has 0 unspecified atom stereocenters. The van der Waals surface area contributed by atoms with Crippen molar-refractivity contribution < 1.29 is 8.42 Å². The van der Waals surface area contributed by atoms with Gasteiger partial charge in [0.25, 0.3) is 0 Å². The molecule has 0 amide bonds. The van der Waals surface area contributed by atoms with Crippen LogP contribution in [-0.2, 0) is 9.84 Å². The molecule has 1 saturated heterocycles. The molecule has 0 aromatic carbocycles. The summed E-state index contributed by atoms with van der Waals surface area (Å²) in [4.78, 5) is 14.9. The number of nitrogen functional groups attached to an aromatic ring is 1. The lowest BCUT2D eigenvalue weighted by Gasteiger charge is -2.26. The van der Waals surface area contributed by atoms with Crippen molar-refractivity contribution in [2.45, 2.75) is 24.4 Å². The van der Waals surface area contributed by atoms with Gasteiger partial charge in [0, 0.05) is 25.1 Å². The zero-order valence-electron chi connectivity index (χ0n) is 11.9. The van der Waals surface area contributed by atoms with Crippen LogP contribution in [0.4, 0.5) is 11.9 Å². The second kappa shape index (κ2) is 7.23. The fraction of sp³-hybridized carbons (Fsp3) is 0.727. The molecule has 1 aromatic heterocycles. The average molecular weight is 332 g/mol. The van der Waals surface area contributed by atoms with Crippen molar-refractivity contribution >= 4 is 33.5 Å². The van der Waals surface area contributed by atoms with Gasteiger partial charge in [0.1, 0.15) is 9.84 Å². The SMILES string of the molecule is CS(=O)(=O)CCSc1nc(NN)nc(N2CCCCC2)n1. The van der Waals surface area contributed by atoms with Gasteiger partial charge in [-0.1, -0.05) is 11.8 Å². The van der Waals surface area contributed by atoms with Crippen LogP contribution >= 0.6 is 11.8 Å². The summed E-state index contributed by atoms with van der Waals surface area (Å²) < 4.78 is 22.3. The minimum Gasteiger partial charge on any atom is -0.341 e. The number of thioether (sulfide) groups is 1. The minimum atomic E-state index is -2.98. The first-order valence-electron chi connectivity index (χ1n) is 6.76. The van der Waals surface area contributed by atoms with Gasteiger partial charge in [-0.25, -0.2) is 14.3 Å². The number of anilines is 2. The highest BCUT2D eigenvalue weighted by atomic mass is 32.2. The number of nitrogens with one attached hydrogen (secondary N) is 1. The van der Waals surface area contributed by atoms with Gasteiger partial charge in [-0.2, -0.15) is 15.0 Å². The monoisotopic (exact) mass is 332 g/mol. The molecule has 0 atom stereocenters. The number of hydrazine groups is 1. The smallest absolute Gasteiger partial charge is 0.242 e. The first kappa shape index (κ1) is 16.2. The van der Waals surface area contributed by atoms with Gasteiger partial charge >= 0.3 is 0 Å². The third kappa shape index (κ3) is 5.29. The van der Waals surface area contributed by atoms with E-state index < -0.39 is 9.84 Å². The Morgan fingerprint density at radius 3 is 2.57 bits per heavy atom. The summed E-state index contributed by atoms with van der Waals surface area (Å²) in [6.07, 6.45) is 4.67. The van der Waals surface area contributed by atoms with E-state index in [4.69, 9.17) is 5.84 Å². The Labute approximate surface area is 128 Å². The topological polar surface area (TPSA) is 114 Å². The number of hydrogen-bond donors (Lipinski definition) is 2. The van der Waals surface area contributed by atoms with Crippen molar-refractivity contribution in [2.24, 2.45) is 5.84 Å². The van der Waals surface area contributed by atoms with Crippen LogP contribution in [0.2, 0.25) is 0 Å². The third-order valence-electron chi connectivity index (χ3n) is 3.06. The Balaban J connectivity index is 2.09. The van der Waals surface area contributed by atoms with Crippen LogP contribution in [0.25, 0.3) is 0 Å². The largest absolute Gasteiger partial charge is 0.341 e. The zero-order valence-corrected chi connectivity index (χ0v) is 13.6. The first-order chi connectivity index (χ1) is 9.98. The van der Waals surface area contributed by atoms with Gasteiger partial charge in [0.2, 0.25) is 11.9 Å². The van der Waals surface area contributed by atoms with Gasteiger partial charge in [0.05, 0.1) is 5.75 Å². The summed E-state index contributed by atoms with van der Waals surface area (Å²) in [6.45, 7) is 1.84. The molecule has 3 N–H and O–H groups in total. The van der Waals surface area contributed by atoms with E-state index in [9.17, 15) is 8.42 Å². The van der Waals surface area contributed by atoms with Crippen molar-refractivity contribution in [1.29, 1.82) is 0 Å². The predicted molar refractivity (Wildman–Crippen MR) is 84.1 cm³/mol. The second-order valence-electron chi connectivity index (χ2n) is 4.91. The average Bonchev–Trinajstić information content (AvgIpc) is 2.46. The van der Waals surface area contributed by atoms with E-state index in [-0.39, 0.29) is 5.75 Å². The van der Waals surface area contributed by atoms with Crippen LogP contribution in [0.15, 0.2) is 5.16 Å². The Morgan fingerprint density at radius 2 is 1.95 bits per heavy atom. The van der Waals surface area contributed by atoms with E-state index >= 15 is 0 Å². The lowest BCUT2D eigenvalue weighted by Crippen LogP contribution is -2.31. The highest BCUT2D eigenvalue weighted by Gasteiger charge is 2.16. The minimum absolute atomic E-state index is 0.0911. The Bertz CT molecular complexity index is 574. The summed E-state index contributed by atoms with van der Waals surface area (Å²) in [5, 5.41) is 0.488. The predicted octanol–water partition coefficient (Wildman–Crippen LogP) is 0.284. The molecule has 1 aromatic rings. The van der Waals surface area contributed by atoms with E-state index in [0.29, 0.717) is 22.8 Å². The maximum atomic E-state index is 11.2. The lowest BCUT2D eigenvalue weighted by molar-refractivity contribution is 0.565. The molecule has 1 aliphatic heterocycles. The van der Waals surface area contributed by atoms with Crippen molar-refractivity contribution in [3.05, 3.63) is 0 Å². The van der Waals surface area contributed by atoms with Gasteiger partial charge in [-0.15, -0.1) is 0 Å². The molecule has 21 heavy (non-hydrogen) atoms. The fourth-order valence-corrected chi connectivity index (χ4v) is 4.02. The number of hydrogen-bond acceptors (Lipinski definition) is 9. The number of piperidine rings is 1. The molecule has 118 valence electrons. The summed E-state index contributed by atoms with van der Waals surface area (Å²) in [5.74, 6) is 6.78. The molecule has 0 bridgehead atoms. The highest BCUT2D eigenvalue weighted by Crippen LogP contribution is 2.21. The number of nitrogens with two attached hydrogens (primary N) is 1. The quantitative estimate of drug-likeness (QED) is 0.431. The van der Waals surface area contributed by atoms with E-state index in [1.807, 2.05) is 0 Å².